The van der Waals surface area contributed by atoms with Gasteiger partial charge in [-0.3, -0.25) is 9.67 Å². The molecule has 0 radical (unpaired) electrons. The number of halogens is 1. The van der Waals surface area contributed by atoms with E-state index >= 15 is 0 Å². The molecule has 0 N–H and O–H groups in total. The van der Waals surface area contributed by atoms with E-state index in [-0.39, 0.29) is 0 Å². The zero-order valence-corrected chi connectivity index (χ0v) is 16.3. The fourth-order valence-corrected chi connectivity index (χ4v) is 4.00. The smallest absolute Gasteiger partial charge is 0.159 e. The molecule has 4 heterocycles. The van der Waals surface area contributed by atoms with Crippen LogP contribution in [0.2, 0.25) is 5.02 Å². The standard InChI is InChI=1S/C20H22ClN5/c1-12-7-15(21)9-22-19(12)16-5-6-26(11-13(16)2)18-8-14(3)24-20-17(18)10-23-25(20)4/h7-10H,5-6,11H2,1-4H3. The van der Waals surface area contributed by atoms with Crippen LogP contribution in [0.3, 0.4) is 0 Å². The van der Waals surface area contributed by atoms with Gasteiger partial charge in [0.2, 0.25) is 0 Å². The minimum absolute atomic E-state index is 0.688. The molecule has 0 bridgehead atoms. The van der Waals surface area contributed by atoms with Crippen molar-refractivity contribution in [3.63, 3.8) is 0 Å². The van der Waals surface area contributed by atoms with Gasteiger partial charge >= 0.3 is 0 Å². The Morgan fingerprint density at radius 1 is 1.12 bits per heavy atom. The Morgan fingerprint density at radius 2 is 1.92 bits per heavy atom. The molecule has 0 saturated heterocycles. The number of hydrogen-bond donors (Lipinski definition) is 0. The number of hydrogen-bond acceptors (Lipinski definition) is 4. The molecule has 3 aromatic heterocycles. The van der Waals surface area contributed by atoms with E-state index in [9.17, 15) is 0 Å². The Bertz CT molecular complexity index is 1030. The molecule has 0 fully saturated rings. The molecule has 0 aliphatic carbocycles. The summed E-state index contributed by atoms with van der Waals surface area (Å²) in [7, 11) is 1.94. The predicted molar refractivity (Wildman–Crippen MR) is 107 cm³/mol. The van der Waals surface area contributed by atoms with Crippen LogP contribution in [0.5, 0.6) is 0 Å². The van der Waals surface area contributed by atoms with Crippen molar-refractivity contribution in [2.45, 2.75) is 27.2 Å². The summed E-state index contributed by atoms with van der Waals surface area (Å²) in [6, 6.07) is 4.15. The maximum atomic E-state index is 6.07. The van der Waals surface area contributed by atoms with E-state index in [1.54, 1.807) is 6.20 Å². The third-order valence-corrected chi connectivity index (χ3v) is 5.26. The number of rotatable bonds is 2. The molecule has 0 atom stereocenters. The van der Waals surface area contributed by atoms with Crippen molar-refractivity contribution in [1.29, 1.82) is 0 Å². The normalized spacial score (nSPS) is 15.2. The van der Waals surface area contributed by atoms with E-state index in [1.807, 2.05) is 30.9 Å². The Hall–Kier alpha value is -2.40. The number of aryl methyl sites for hydroxylation is 3. The summed E-state index contributed by atoms with van der Waals surface area (Å²) in [5, 5.41) is 6.18. The molecular weight excluding hydrogens is 346 g/mol. The number of pyridine rings is 2. The quantitative estimate of drug-likeness (QED) is 0.676. The molecule has 1 aliphatic rings. The number of aromatic nitrogens is 4. The average molecular weight is 368 g/mol. The summed E-state index contributed by atoms with van der Waals surface area (Å²) in [6.45, 7) is 8.14. The fourth-order valence-electron chi connectivity index (χ4n) is 3.78. The highest BCUT2D eigenvalue weighted by atomic mass is 35.5. The SMILES string of the molecule is CC1=C(c2ncc(Cl)cc2C)CCN(c2cc(C)nc3c2cnn3C)C1. The molecule has 0 amide bonds. The van der Waals surface area contributed by atoms with Gasteiger partial charge in [-0.15, -0.1) is 0 Å². The molecule has 4 rings (SSSR count). The van der Waals surface area contributed by atoms with E-state index in [2.05, 4.69) is 39.9 Å². The van der Waals surface area contributed by atoms with Gasteiger partial charge in [0.1, 0.15) is 0 Å². The Kier molecular flexibility index (Phi) is 4.19. The summed E-state index contributed by atoms with van der Waals surface area (Å²) >= 11 is 6.07. The van der Waals surface area contributed by atoms with Gasteiger partial charge in [-0.25, -0.2) is 4.98 Å². The Morgan fingerprint density at radius 3 is 2.65 bits per heavy atom. The van der Waals surface area contributed by atoms with E-state index in [0.717, 1.165) is 47.5 Å². The van der Waals surface area contributed by atoms with Crippen molar-refractivity contribution < 1.29 is 0 Å². The molecule has 0 unspecified atom stereocenters. The molecule has 134 valence electrons. The van der Waals surface area contributed by atoms with Crippen LogP contribution in [0.4, 0.5) is 5.69 Å². The minimum Gasteiger partial charge on any atom is -0.366 e. The molecule has 6 heteroatoms. The minimum atomic E-state index is 0.688. The van der Waals surface area contributed by atoms with Crippen LogP contribution in [0.1, 0.15) is 30.3 Å². The van der Waals surface area contributed by atoms with Gasteiger partial charge in [0.05, 0.1) is 28.0 Å². The lowest BCUT2D eigenvalue weighted by atomic mass is 9.95. The van der Waals surface area contributed by atoms with Crippen LogP contribution in [0.15, 0.2) is 30.1 Å². The highest BCUT2D eigenvalue weighted by Gasteiger charge is 2.22. The van der Waals surface area contributed by atoms with E-state index in [1.165, 1.54) is 16.8 Å². The van der Waals surface area contributed by atoms with Gasteiger partial charge in [-0.05, 0) is 56.0 Å². The van der Waals surface area contributed by atoms with Crippen molar-refractivity contribution >= 4 is 33.9 Å². The van der Waals surface area contributed by atoms with Gasteiger partial charge < -0.3 is 4.90 Å². The molecule has 26 heavy (non-hydrogen) atoms. The summed E-state index contributed by atoms with van der Waals surface area (Å²) in [6.07, 6.45) is 4.61. The van der Waals surface area contributed by atoms with E-state index < -0.39 is 0 Å². The number of anilines is 1. The largest absolute Gasteiger partial charge is 0.366 e. The first-order chi connectivity index (χ1) is 12.4. The summed E-state index contributed by atoms with van der Waals surface area (Å²) in [5.74, 6) is 0. The van der Waals surface area contributed by atoms with Crippen LogP contribution in [0, 0.1) is 13.8 Å². The number of fused-ring (bicyclic) bond motifs is 1. The van der Waals surface area contributed by atoms with Gasteiger partial charge in [0, 0.05) is 32.0 Å². The second-order valence-electron chi connectivity index (χ2n) is 7.04. The van der Waals surface area contributed by atoms with Crippen LogP contribution in [-0.4, -0.2) is 32.8 Å². The maximum absolute atomic E-state index is 6.07. The predicted octanol–water partition coefficient (Wildman–Crippen LogP) is 4.32. The zero-order valence-electron chi connectivity index (χ0n) is 15.5. The molecule has 0 saturated carbocycles. The third-order valence-electron chi connectivity index (χ3n) is 5.06. The zero-order chi connectivity index (χ0) is 18.4. The summed E-state index contributed by atoms with van der Waals surface area (Å²) < 4.78 is 1.84. The van der Waals surface area contributed by atoms with Crippen molar-refractivity contribution in [1.82, 2.24) is 19.7 Å². The lowest BCUT2D eigenvalue weighted by molar-refractivity contribution is 0.783. The molecule has 3 aromatic rings. The first-order valence-electron chi connectivity index (χ1n) is 8.79. The van der Waals surface area contributed by atoms with Crippen LogP contribution in [-0.2, 0) is 7.05 Å². The third kappa shape index (κ3) is 2.86. The first kappa shape index (κ1) is 17.0. The average Bonchev–Trinajstić information content (AvgIpc) is 2.96. The summed E-state index contributed by atoms with van der Waals surface area (Å²) in [5.41, 5.74) is 8.05. The molecule has 1 aliphatic heterocycles. The van der Waals surface area contributed by atoms with Gasteiger partial charge in [-0.1, -0.05) is 11.6 Å². The lowest BCUT2D eigenvalue weighted by Crippen LogP contribution is -2.31. The Balaban J connectivity index is 1.72. The van der Waals surface area contributed by atoms with Gasteiger partial charge in [0.25, 0.3) is 0 Å². The molecule has 5 nitrogen and oxygen atoms in total. The van der Waals surface area contributed by atoms with E-state index in [4.69, 9.17) is 11.6 Å². The second-order valence-corrected chi connectivity index (χ2v) is 7.47. The first-order valence-corrected chi connectivity index (χ1v) is 9.17. The van der Waals surface area contributed by atoms with Crippen LogP contribution in [0.25, 0.3) is 16.6 Å². The van der Waals surface area contributed by atoms with Crippen molar-refractivity contribution in [2.75, 3.05) is 18.0 Å². The van der Waals surface area contributed by atoms with Crippen molar-refractivity contribution in [3.8, 4) is 0 Å². The van der Waals surface area contributed by atoms with Crippen molar-refractivity contribution in [3.05, 3.63) is 52.1 Å². The summed E-state index contributed by atoms with van der Waals surface area (Å²) in [4.78, 5) is 11.6. The van der Waals surface area contributed by atoms with Gasteiger partial charge in [0.15, 0.2) is 5.65 Å². The topological polar surface area (TPSA) is 46.8 Å². The second kappa shape index (κ2) is 6.40. The lowest BCUT2D eigenvalue weighted by Gasteiger charge is -2.32. The number of nitrogens with zero attached hydrogens (tertiary/aromatic N) is 5. The highest BCUT2D eigenvalue weighted by Crippen LogP contribution is 2.34. The fraction of sp³-hybridized carbons (Fsp3) is 0.350. The Labute approximate surface area is 158 Å². The van der Waals surface area contributed by atoms with E-state index in [0.29, 0.717) is 5.02 Å². The van der Waals surface area contributed by atoms with Gasteiger partial charge in [-0.2, -0.15) is 5.10 Å². The van der Waals surface area contributed by atoms with Crippen LogP contribution < -0.4 is 4.90 Å². The monoisotopic (exact) mass is 367 g/mol. The highest BCUT2D eigenvalue weighted by molar-refractivity contribution is 6.30. The van der Waals surface area contributed by atoms with Crippen molar-refractivity contribution in [2.24, 2.45) is 7.05 Å². The molecule has 0 aromatic carbocycles. The van der Waals surface area contributed by atoms with Crippen LogP contribution >= 0.6 is 11.6 Å². The molecular formula is C20H22ClN5. The maximum Gasteiger partial charge on any atom is 0.159 e. The molecule has 0 spiro atoms.